The lowest BCUT2D eigenvalue weighted by atomic mass is 10.1. The van der Waals surface area contributed by atoms with Crippen molar-refractivity contribution in [3.8, 4) is 17.1 Å². The number of hydrogen-bond donors (Lipinski definition) is 2. The summed E-state index contributed by atoms with van der Waals surface area (Å²) in [7, 11) is -3.58. The van der Waals surface area contributed by atoms with E-state index in [4.69, 9.17) is 11.6 Å². The molecule has 0 saturated carbocycles. The van der Waals surface area contributed by atoms with E-state index in [1.807, 2.05) is 6.07 Å². The Labute approximate surface area is 245 Å². The molecule has 0 radical (unpaired) electrons. The van der Waals surface area contributed by atoms with E-state index in [9.17, 15) is 31.1 Å². The lowest BCUT2D eigenvalue weighted by molar-refractivity contribution is -0.137. The van der Waals surface area contributed by atoms with E-state index in [-0.39, 0.29) is 31.2 Å². The number of nitrogens with one attached hydrogen (secondary N) is 1. The minimum Gasteiger partial charge on any atom is -0.389 e. The van der Waals surface area contributed by atoms with Crippen LogP contribution < -0.4 is 5.32 Å². The van der Waals surface area contributed by atoms with Crippen molar-refractivity contribution in [2.24, 2.45) is 0 Å². The molecule has 3 atom stereocenters. The van der Waals surface area contributed by atoms with Crippen LogP contribution in [0.4, 0.5) is 23.5 Å². The van der Waals surface area contributed by atoms with Crippen molar-refractivity contribution < 1.29 is 31.1 Å². The van der Waals surface area contributed by atoms with Gasteiger partial charge in [0.25, 0.3) is 0 Å². The fourth-order valence-corrected chi connectivity index (χ4v) is 6.38. The Kier molecular flexibility index (Phi) is 8.26. The van der Waals surface area contributed by atoms with Gasteiger partial charge in [-0.3, -0.25) is 4.90 Å². The van der Waals surface area contributed by atoms with Crippen LogP contribution in [-0.4, -0.2) is 92.5 Å². The molecule has 3 aromatic rings. The molecule has 0 bridgehead atoms. The number of hydrogen-bond acceptors (Lipinski definition) is 8. The maximum atomic E-state index is 14.8. The van der Waals surface area contributed by atoms with Gasteiger partial charge < -0.3 is 15.0 Å². The van der Waals surface area contributed by atoms with Gasteiger partial charge in [-0.2, -0.15) is 17.5 Å². The molecular formula is C26H30ClF4N7O3S. The minimum atomic E-state index is -4.79. The van der Waals surface area contributed by atoms with E-state index in [2.05, 4.69) is 25.2 Å². The van der Waals surface area contributed by atoms with E-state index in [0.717, 1.165) is 22.7 Å². The topological polar surface area (TPSA) is 116 Å². The number of piperidine rings is 1. The normalized spacial score (nSPS) is 24.3. The highest BCUT2D eigenvalue weighted by atomic mass is 35.5. The summed E-state index contributed by atoms with van der Waals surface area (Å²) < 4.78 is 82.4. The van der Waals surface area contributed by atoms with Gasteiger partial charge in [0, 0.05) is 45.1 Å². The fourth-order valence-electron chi connectivity index (χ4n) is 5.23. The largest absolute Gasteiger partial charge is 0.420 e. The van der Waals surface area contributed by atoms with Crippen molar-refractivity contribution in [3.63, 3.8) is 0 Å². The van der Waals surface area contributed by atoms with Gasteiger partial charge in [-0.05, 0) is 37.5 Å². The minimum absolute atomic E-state index is 0.0488. The van der Waals surface area contributed by atoms with Crippen LogP contribution in [0.5, 0.6) is 0 Å². The van der Waals surface area contributed by atoms with Crippen LogP contribution in [0.25, 0.3) is 17.1 Å². The predicted octanol–water partition coefficient (Wildman–Crippen LogP) is 3.74. The Bertz CT molecular complexity index is 1570. The van der Waals surface area contributed by atoms with Crippen molar-refractivity contribution >= 4 is 27.6 Å². The molecule has 2 saturated heterocycles. The molecule has 2 aliphatic rings. The summed E-state index contributed by atoms with van der Waals surface area (Å²) >= 11 is 6.54. The van der Waals surface area contributed by atoms with E-state index >= 15 is 0 Å². The van der Waals surface area contributed by atoms with Crippen LogP contribution in [0.3, 0.4) is 0 Å². The van der Waals surface area contributed by atoms with Gasteiger partial charge in [0.1, 0.15) is 29.5 Å². The molecule has 2 fully saturated rings. The second-order valence-corrected chi connectivity index (χ2v) is 13.4. The number of alkyl halides is 4. The quantitative estimate of drug-likeness (QED) is 0.379. The first-order chi connectivity index (χ1) is 19.6. The second-order valence-electron chi connectivity index (χ2n) is 11.0. The standard InChI is InChI=1S/C26H30ClF4N7O3S/c1-25(39)6-8-36(14-25)11-16-3-4-22(18(27)9-16)37-13-21(33-15-37)23-17(26(29,30)31)10-32-24(35-23)34-20-5-7-38(12-19(20)28)42(2,40)41/h3-4,9-10,13,15,19-20,39H,5-8,11-12,14H2,1-2H3,(H,32,34,35)/t19-,20?,25-/m1/s1. The van der Waals surface area contributed by atoms with Crippen molar-refractivity contribution in [2.75, 3.05) is 37.8 Å². The Morgan fingerprint density at radius 1 is 1.24 bits per heavy atom. The highest BCUT2D eigenvalue weighted by molar-refractivity contribution is 7.88. The summed E-state index contributed by atoms with van der Waals surface area (Å²) in [6.45, 7) is 3.34. The maximum absolute atomic E-state index is 14.8. The summed E-state index contributed by atoms with van der Waals surface area (Å²) in [5.41, 5.74) is -1.04. The van der Waals surface area contributed by atoms with E-state index in [0.29, 0.717) is 36.4 Å². The summed E-state index contributed by atoms with van der Waals surface area (Å²) in [4.78, 5) is 14.0. The van der Waals surface area contributed by atoms with E-state index in [1.54, 1.807) is 19.1 Å². The zero-order valence-corrected chi connectivity index (χ0v) is 24.4. The van der Waals surface area contributed by atoms with Gasteiger partial charge in [-0.15, -0.1) is 0 Å². The molecular weight excluding hydrogens is 602 g/mol. The van der Waals surface area contributed by atoms with Crippen molar-refractivity contribution in [1.82, 2.24) is 28.7 Å². The van der Waals surface area contributed by atoms with Crippen LogP contribution in [0, 0.1) is 0 Å². The molecule has 0 amide bonds. The first-order valence-electron chi connectivity index (χ1n) is 13.2. The number of imidazole rings is 1. The van der Waals surface area contributed by atoms with Crippen LogP contribution in [0.15, 0.2) is 36.9 Å². The van der Waals surface area contributed by atoms with Crippen molar-refractivity contribution in [2.45, 2.75) is 50.3 Å². The zero-order valence-electron chi connectivity index (χ0n) is 22.8. The molecule has 10 nitrogen and oxygen atoms in total. The summed E-state index contributed by atoms with van der Waals surface area (Å²) in [6, 6.07) is 4.46. The van der Waals surface area contributed by atoms with E-state index in [1.165, 1.54) is 17.1 Å². The number of β-amino-alcohol motifs (C(OH)–C–C–N with tert-alkyl or cyclic N) is 1. The molecule has 0 aliphatic carbocycles. The highest BCUT2D eigenvalue weighted by Crippen LogP contribution is 2.36. The van der Waals surface area contributed by atoms with E-state index < -0.39 is 45.3 Å². The molecule has 228 valence electrons. The third-order valence-electron chi connectivity index (χ3n) is 7.43. The number of nitrogens with zero attached hydrogens (tertiary/aromatic N) is 6. The van der Waals surface area contributed by atoms with Crippen LogP contribution in [-0.2, 0) is 22.7 Å². The van der Waals surface area contributed by atoms with Gasteiger partial charge >= 0.3 is 6.18 Å². The van der Waals surface area contributed by atoms with Crippen LogP contribution in [0.2, 0.25) is 5.02 Å². The van der Waals surface area contributed by atoms with Gasteiger partial charge in [0.2, 0.25) is 16.0 Å². The average Bonchev–Trinajstić information content (AvgIpc) is 3.50. The van der Waals surface area contributed by atoms with Gasteiger partial charge in [0.15, 0.2) is 0 Å². The number of rotatable bonds is 7. The predicted molar refractivity (Wildman–Crippen MR) is 148 cm³/mol. The number of halogens is 5. The zero-order chi connectivity index (χ0) is 30.4. The molecule has 42 heavy (non-hydrogen) atoms. The first kappa shape index (κ1) is 30.6. The van der Waals surface area contributed by atoms with Crippen LogP contribution in [0.1, 0.15) is 30.9 Å². The summed E-state index contributed by atoms with van der Waals surface area (Å²) in [5.74, 6) is -0.240. The van der Waals surface area contributed by atoms with Gasteiger partial charge in [-0.25, -0.2) is 27.8 Å². The Balaban J connectivity index is 1.37. The molecule has 1 unspecified atom stereocenters. The van der Waals surface area contributed by atoms with Crippen LogP contribution >= 0.6 is 11.6 Å². The van der Waals surface area contributed by atoms with Gasteiger partial charge in [-0.1, -0.05) is 17.7 Å². The molecule has 5 rings (SSSR count). The third kappa shape index (κ3) is 6.86. The lowest BCUT2D eigenvalue weighted by Crippen LogP contribution is -2.49. The summed E-state index contributed by atoms with van der Waals surface area (Å²) in [5, 5.41) is 13.3. The highest BCUT2D eigenvalue weighted by Gasteiger charge is 2.38. The van der Waals surface area contributed by atoms with Crippen molar-refractivity contribution in [3.05, 3.63) is 53.1 Å². The second kappa shape index (κ2) is 11.3. The number of anilines is 1. The Morgan fingerprint density at radius 2 is 2.00 bits per heavy atom. The average molecular weight is 632 g/mol. The number of sulfonamides is 1. The number of benzene rings is 1. The lowest BCUT2D eigenvalue weighted by Gasteiger charge is -2.33. The molecule has 4 heterocycles. The fraction of sp³-hybridized carbons (Fsp3) is 0.500. The maximum Gasteiger partial charge on any atom is 0.420 e. The smallest absolute Gasteiger partial charge is 0.389 e. The monoisotopic (exact) mass is 631 g/mol. The molecule has 2 N–H and O–H groups in total. The van der Waals surface area contributed by atoms with Crippen molar-refractivity contribution in [1.29, 1.82) is 0 Å². The first-order valence-corrected chi connectivity index (χ1v) is 15.4. The molecule has 0 spiro atoms. The Hall–Kier alpha value is -2.85. The molecule has 16 heteroatoms. The van der Waals surface area contributed by atoms with Gasteiger partial charge in [0.05, 0.1) is 28.6 Å². The summed E-state index contributed by atoms with van der Waals surface area (Å²) in [6.07, 6.45) is -1.38. The number of aliphatic hydroxyl groups is 1. The molecule has 1 aromatic carbocycles. The Morgan fingerprint density at radius 3 is 2.62 bits per heavy atom. The molecule has 2 aliphatic heterocycles. The molecule has 2 aromatic heterocycles. The SMILES string of the molecule is C[C@@]1(O)CCN(Cc2ccc(-n3cnc(-c4nc(NC5CCN(S(C)(=O)=O)C[C@H]5F)ncc4C(F)(F)F)c3)c(Cl)c2)C1. The number of likely N-dealkylation sites (tertiary alicyclic amines) is 1. The number of aromatic nitrogens is 4. The third-order valence-corrected chi connectivity index (χ3v) is 9.01.